The second-order valence-electron chi connectivity index (χ2n) is 12.1. The smallest absolute Gasteiger partial charge is 0.299 e. The molecule has 0 aromatic heterocycles. The van der Waals surface area contributed by atoms with E-state index in [0.29, 0.717) is 164 Å². The SMILES string of the molecule is O=[N+]([O-])c1ccc(OCCOCCOCCOCCOCCOCCOCCOCCOCCOCCOCCOCCOCCNc2ccc([N+](=O)[O-])cc2[N+](=O)[O-])cc1. The highest BCUT2D eigenvalue weighted by atomic mass is 16.6. The lowest BCUT2D eigenvalue weighted by Crippen LogP contribution is -2.16. The summed E-state index contributed by atoms with van der Waals surface area (Å²) in [4.78, 5) is 30.8. The van der Waals surface area contributed by atoms with E-state index in [-0.39, 0.29) is 35.9 Å². The lowest BCUT2D eigenvalue weighted by Gasteiger charge is -2.09. The van der Waals surface area contributed by atoms with E-state index < -0.39 is 14.8 Å². The first-order valence-corrected chi connectivity index (χ1v) is 19.9. The number of non-ortho nitro benzene ring substituents is 2. The normalized spacial score (nSPS) is 11.2. The molecule has 0 fully saturated rings. The molecular formula is C38H60N4O19. The topological polar surface area (TPSA) is 261 Å². The molecule has 0 aliphatic heterocycles. The van der Waals surface area contributed by atoms with Crippen LogP contribution in [0.25, 0.3) is 0 Å². The second-order valence-corrected chi connectivity index (χ2v) is 12.1. The number of nitrogens with zero attached hydrogens (tertiary/aromatic N) is 3. The number of hydrogen-bond donors (Lipinski definition) is 1. The summed E-state index contributed by atoms with van der Waals surface area (Å²) < 4.78 is 70.9. The van der Waals surface area contributed by atoms with Crippen LogP contribution in [0.2, 0.25) is 0 Å². The van der Waals surface area contributed by atoms with Gasteiger partial charge in [0.1, 0.15) is 18.0 Å². The highest BCUT2D eigenvalue weighted by Gasteiger charge is 2.19. The molecule has 2 aromatic rings. The van der Waals surface area contributed by atoms with Gasteiger partial charge in [0.15, 0.2) is 0 Å². The second kappa shape index (κ2) is 37.5. The first-order valence-electron chi connectivity index (χ1n) is 19.9. The van der Waals surface area contributed by atoms with E-state index in [1.54, 1.807) is 12.1 Å². The van der Waals surface area contributed by atoms with E-state index in [1.807, 2.05) is 0 Å². The van der Waals surface area contributed by atoms with Gasteiger partial charge in [-0.1, -0.05) is 0 Å². The zero-order valence-corrected chi connectivity index (χ0v) is 34.5. The fourth-order valence-corrected chi connectivity index (χ4v) is 4.60. The number of nitrogens with one attached hydrogen (secondary N) is 1. The monoisotopic (exact) mass is 876 g/mol. The lowest BCUT2D eigenvalue weighted by molar-refractivity contribution is -0.393. The van der Waals surface area contributed by atoms with Crippen molar-refractivity contribution in [2.45, 2.75) is 0 Å². The van der Waals surface area contributed by atoms with Gasteiger partial charge >= 0.3 is 0 Å². The third kappa shape index (κ3) is 29.6. The molecule has 2 rings (SSSR count). The molecule has 0 amide bonds. The number of rotatable bonds is 44. The van der Waals surface area contributed by atoms with Crippen LogP contribution in [-0.2, 0) is 56.8 Å². The summed E-state index contributed by atoms with van der Waals surface area (Å²) in [6.07, 6.45) is 0. The Morgan fingerprint density at radius 1 is 0.361 bits per heavy atom. The van der Waals surface area contributed by atoms with Gasteiger partial charge in [-0.25, -0.2) is 0 Å². The Bertz CT molecular complexity index is 1410. The quantitative estimate of drug-likeness (QED) is 0.0569. The molecule has 23 heteroatoms. The maximum absolute atomic E-state index is 11.2. The van der Waals surface area contributed by atoms with Gasteiger partial charge in [-0.2, -0.15) is 0 Å². The van der Waals surface area contributed by atoms with Crippen molar-refractivity contribution in [1.29, 1.82) is 0 Å². The van der Waals surface area contributed by atoms with E-state index in [4.69, 9.17) is 61.6 Å². The lowest BCUT2D eigenvalue weighted by atomic mass is 10.2. The van der Waals surface area contributed by atoms with E-state index in [2.05, 4.69) is 5.32 Å². The van der Waals surface area contributed by atoms with Gasteiger partial charge in [0.05, 0.1) is 179 Å². The summed E-state index contributed by atoms with van der Waals surface area (Å²) in [6, 6.07) is 9.29. The summed E-state index contributed by atoms with van der Waals surface area (Å²) in [6.45, 7) is 10.8. The summed E-state index contributed by atoms with van der Waals surface area (Å²) in [7, 11) is 0. The number of benzene rings is 2. The Morgan fingerprint density at radius 2 is 0.656 bits per heavy atom. The van der Waals surface area contributed by atoms with Crippen molar-refractivity contribution >= 4 is 22.7 Å². The molecule has 23 nitrogen and oxygen atoms in total. The molecule has 0 radical (unpaired) electrons. The van der Waals surface area contributed by atoms with Gasteiger partial charge in [-0.3, -0.25) is 30.3 Å². The van der Waals surface area contributed by atoms with Gasteiger partial charge < -0.3 is 66.9 Å². The molecule has 0 atom stereocenters. The molecule has 0 spiro atoms. The van der Waals surface area contributed by atoms with Gasteiger partial charge in [-0.05, 0) is 18.2 Å². The Labute approximate surface area is 354 Å². The zero-order valence-electron chi connectivity index (χ0n) is 34.5. The minimum absolute atomic E-state index is 0.0152. The van der Waals surface area contributed by atoms with Crippen LogP contribution in [0.15, 0.2) is 42.5 Å². The Morgan fingerprint density at radius 3 is 0.967 bits per heavy atom. The van der Waals surface area contributed by atoms with Crippen LogP contribution in [0.1, 0.15) is 0 Å². The van der Waals surface area contributed by atoms with Crippen LogP contribution in [0.4, 0.5) is 22.7 Å². The number of ether oxygens (including phenoxy) is 13. The molecule has 0 aliphatic carbocycles. The van der Waals surface area contributed by atoms with Crippen molar-refractivity contribution in [3.63, 3.8) is 0 Å². The summed E-state index contributed by atoms with van der Waals surface area (Å²) >= 11 is 0. The summed E-state index contributed by atoms with van der Waals surface area (Å²) in [5, 5.41) is 35.5. The number of nitro benzene ring substituents is 3. The molecule has 0 saturated carbocycles. The highest BCUT2D eigenvalue weighted by molar-refractivity contribution is 5.65. The molecule has 0 aliphatic rings. The van der Waals surface area contributed by atoms with E-state index in [9.17, 15) is 30.3 Å². The predicted molar refractivity (Wildman–Crippen MR) is 217 cm³/mol. The standard InChI is InChI=1S/C38H60N4O19/c43-40(44)34-1-4-36(5-2-34)61-32-31-60-30-29-59-28-27-58-26-25-57-24-23-56-22-21-55-20-19-54-18-17-53-16-15-52-14-13-51-12-11-50-10-9-49-8-7-39-37-6-3-35(41(45)46)33-38(37)42(47)48/h1-6,33,39H,7-32H2. The molecule has 346 valence electrons. The zero-order chi connectivity index (χ0) is 43.9. The van der Waals surface area contributed by atoms with Crippen molar-refractivity contribution in [3.8, 4) is 5.75 Å². The molecule has 2 aromatic carbocycles. The van der Waals surface area contributed by atoms with Crippen molar-refractivity contribution < 1.29 is 76.3 Å². The minimum atomic E-state index is -0.685. The van der Waals surface area contributed by atoms with E-state index in [0.717, 1.165) is 6.07 Å². The number of nitro groups is 3. The third-order valence-electron chi connectivity index (χ3n) is 7.59. The summed E-state index contributed by atoms with van der Waals surface area (Å²) in [5.74, 6) is 0.544. The third-order valence-corrected chi connectivity index (χ3v) is 7.59. The Balaban J connectivity index is 1.17. The van der Waals surface area contributed by atoms with Gasteiger partial charge in [0.2, 0.25) is 0 Å². The van der Waals surface area contributed by atoms with Crippen molar-refractivity contribution in [3.05, 3.63) is 72.8 Å². The highest BCUT2D eigenvalue weighted by Crippen LogP contribution is 2.28. The molecule has 0 unspecified atom stereocenters. The minimum Gasteiger partial charge on any atom is -0.491 e. The van der Waals surface area contributed by atoms with Gasteiger partial charge in [0.25, 0.3) is 17.1 Å². The predicted octanol–water partition coefficient (Wildman–Crippen LogP) is 3.10. The first-order chi connectivity index (χ1) is 29.9. The fourth-order valence-electron chi connectivity index (χ4n) is 4.60. The van der Waals surface area contributed by atoms with Crippen LogP contribution in [0.5, 0.6) is 5.75 Å². The van der Waals surface area contributed by atoms with Crippen LogP contribution in [0.3, 0.4) is 0 Å². The van der Waals surface area contributed by atoms with Crippen molar-refractivity contribution in [2.24, 2.45) is 0 Å². The molecule has 0 saturated heterocycles. The van der Waals surface area contributed by atoms with Crippen LogP contribution in [-0.4, -0.2) is 186 Å². The maximum Gasteiger partial charge on any atom is 0.299 e. The molecule has 0 bridgehead atoms. The van der Waals surface area contributed by atoms with Crippen LogP contribution < -0.4 is 10.1 Å². The van der Waals surface area contributed by atoms with Crippen molar-refractivity contribution in [2.75, 3.05) is 177 Å². The Kier molecular flexibility index (Phi) is 32.5. The largest absolute Gasteiger partial charge is 0.491 e. The van der Waals surface area contributed by atoms with Gasteiger partial charge in [0, 0.05) is 24.7 Å². The van der Waals surface area contributed by atoms with E-state index >= 15 is 0 Å². The average Bonchev–Trinajstić information content (AvgIpc) is 3.25. The van der Waals surface area contributed by atoms with Gasteiger partial charge in [-0.15, -0.1) is 0 Å². The Hall–Kier alpha value is -4.24. The fraction of sp³-hybridized carbons (Fsp3) is 0.684. The first kappa shape index (κ1) is 52.9. The number of hydrogen-bond acceptors (Lipinski definition) is 20. The molecule has 1 N–H and O–H groups in total. The van der Waals surface area contributed by atoms with E-state index in [1.165, 1.54) is 24.3 Å². The molecule has 0 heterocycles. The van der Waals surface area contributed by atoms with Crippen molar-refractivity contribution in [1.82, 2.24) is 0 Å². The summed E-state index contributed by atoms with van der Waals surface area (Å²) in [5.41, 5.74) is -0.531. The maximum atomic E-state index is 11.2. The van der Waals surface area contributed by atoms with Crippen LogP contribution in [0, 0.1) is 30.3 Å². The van der Waals surface area contributed by atoms with Crippen LogP contribution >= 0.6 is 0 Å². The average molecular weight is 877 g/mol. The number of anilines is 1. The molecule has 61 heavy (non-hydrogen) atoms. The molecular weight excluding hydrogens is 816 g/mol.